The first kappa shape index (κ1) is 19.7. The second-order valence-corrected chi connectivity index (χ2v) is 9.36. The van der Waals surface area contributed by atoms with Crippen molar-refractivity contribution < 1.29 is 4.79 Å². The number of thioether (sulfide) groups is 1. The lowest BCUT2D eigenvalue weighted by molar-refractivity contribution is -0.115. The van der Waals surface area contributed by atoms with Crippen molar-refractivity contribution in [2.45, 2.75) is 26.2 Å². The van der Waals surface area contributed by atoms with E-state index in [1.54, 1.807) is 6.07 Å². The summed E-state index contributed by atoms with van der Waals surface area (Å²) < 4.78 is 2.11. The third-order valence-corrected chi connectivity index (χ3v) is 5.83. The summed E-state index contributed by atoms with van der Waals surface area (Å²) in [4.78, 5) is 22.2. The van der Waals surface area contributed by atoms with Crippen molar-refractivity contribution in [2.24, 2.45) is 12.0 Å². The van der Waals surface area contributed by atoms with E-state index in [1.165, 1.54) is 11.8 Å². The Kier molecular flexibility index (Phi) is 5.00. The number of aromatic nitrogens is 2. The number of aliphatic imine (C=N–C) groups is 1. The fraction of sp³-hybridized carbons (Fsp3) is 0.227. The molecular formula is C22H21ClN4OS. The quantitative estimate of drug-likeness (QED) is 0.559. The number of para-hydroxylation sites is 1. The van der Waals surface area contributed by atoms with Crippen LogP contribution in [0.25, 0.3) is 17.1 Å². The number of benzene rings is 2. The summed E-state index contributed by atoms with van der Waals surface area (Å²) in [7, 11) is 2.03. The molecule has 0 aliphatic carbocycles. The Morgan fingerprint density at radius 2 is 1.97 bits per heavy atom. The van der Waals surface area contributed by atoms with Gasteiger partial charge < -0.3 is 9.88 Å². The number of amides is 1. The van der Waals surface area contributed by atoms with Crippen LogP contribution in [-0.4, -0.2) is 20.6 Å². The molecule has 1 aliphatic rings. The van der Waals surface area contributed by atoms with Gasteiger partial charge >= 0.3 is 0 Å². The predicted octanol–water partition coefficient (Wildman–Crippen LogP) is 5.42. The standard InChI is InChI=1S/C22H21ClN4OS/c1-22(2,3)20-24-16-10-9-13(11-17(16)27(20)4)12-18-19(28)26-21(29-18)25-15-8-6-5-7-14(15)23/h5-12H,1-4H3,(H,25,26,28)/b18-12+. The number of aryl methyl sites for hydroxylation is 1. The highest BCUT2D eigenvalue weighted by Gasteiger charge is 2.25. The van der Waals surface area contributed by atoms with E-state index >= 15 is 0 Å². The van der Waals surface area contributed by atoms with E-state index in [0.717, 1.165) is 22.4 Å². The summed E-state index contributed by atoms with van der Waals surface area (Å²) in [6.07, 6.45) is 1.87. The fourth-order valence-corrected chi connectivity index (χ4v) is 4.26. The number of imidazole rings is 1. The van der Waals surface area contributed by atoms with Gasteiger partial charge in [-0.15, -0.1) is 0 Å². The second kappa shape index (κ2) is 7.35. The van der Waals surface area contributed by atoms with Crippen LogP contribution in [0.3, 0.4) is 0 Å². The van der Waals surface area contributed by atoms with Crippen molar-refractivity contribution in [1.82, 2.24) is 14.9 Å². The molecule has 1 N–H and O–H groups in total. The van der Waals surface area contributed by atoms with Crippen molar-refractivity contribution >= 4 is 57.2 Å². The number of fused-ring (bicyclic) bond motifs is 1. The molecule has 1 amide bonds. The molecule has 7 heteroatoms. The monoisotopic (exact) mass is 424 g/mol. The zero-order valence-electron chi connectivity index (χ0n) is 16.7. The van der Waals surface area contributed by atoms with Crippen LogP contribution in [0.2, 0.25) is 5.02 Å². The summed E-state index contributed by atoms with van der Waals surface area (Å²) in [5.74, 6) is 0.862. The maximum Gasteiger partial charge on any atom is 0.264 e. The summed E-state index contributed by atoms with van der Waals surface area (Å²) >= 11 is 7.46. The molecule has 3 aromatic rings. The van der Waals surface area contributed by atoms with Crippen LogP contribution in [0.15, 0.2) is 52.4 Å². The van der Waals surface area contributed by atoms with Gasteiger partial charge in [0.1, 0.15) is 5.82 Å². The summed E-state index contributed by atoms with van der Waals surface area (Å²) in [5.41, 5.74) is 3.51. The minimum absolute atomic E-state index is 0.0440. The number of rotatable bonds is 2. The molecule has 148 valence electrons. The van der Waals surface area contributed by atoms with E-state index in [-0.39, 0.29) is 11.3 Å². The predicted molar refractivity (Wildman–Crippen MR) is 122 cm³/mol. The van der Waals surface area contributed by atoms with E-state index in [4.69, 9.17) is 16.6 Å². The van der Waals surface area contributed by atoms with Gasteiger partial charge in [-0.05, 0) is 47.7 Å². The molecule has 1 aliphatic heterocycles. The Balaban J connectivity index is 1.66. The van der Waals surface area contributed by atoms with Crippen LogP contribution < -0.4 is 5.32 Å². The molecule has 2 aromatic carbocycles. The highest BCUT2D eigenvalue weighted by atomic mass is 35.5. The molecule has 1 saturated heterocycles. The van der Waals surface area contributed by atoms with E-state index in [2.05, 4.69) is 41.7 Å². The first-order chi connectivity index (χ1) is 13.7. The summed E-state index contributed by atoms with van der Waals surface area (Å²) in [6, 6.07) is 13.3. The summed E-state index contributed by atoms with van der Waals surface area (Å²) in [5, 5.41) is 3.87. The lowest BCUT2D eigenvalue weighted by Gasteiger charge is -2.17. The molecule has 2 heterocycles. The van der Waals surface area contributed by atoms with Crippen LogP contribution in [0.1, 0.15) is 32.2 Å². The molecular weight excluding hydrogens is 404 g/mol. The number of carbonyl (C=O) groups is 1. The number of carbonyl (C=O) groups excluding carboxylic acids is 1. The first-order valence-electron chi connectivity index (χ1n) is 9.23. The molecule has 0 atom stereocenters. The number of amidine groups is 1. The molecule has 0 saturated carbocycles. The smallest absolute Gasteiger partial charge is 0.264 e. The van der Waals surface area contributed by atoms with Gasteiger partial charge in [0.05, 0.1) is 26.6 Å². The minimum atomic E-state index is -0.165. The Labute approximate surface area is 178 Å². The largest absolute Gasteiger partial charge is 0.331 e. The third kappa shape index (κ3) is 3.95. The van der Waals surface area contributed by atoms with Crippen LogP contribution in [0, 0.1) is 0 Å². The van der Waals surface area contributed by atoms with Gasteiger partial charge in [-0.3, -0.25) is 4.79 Å². The first-order valence-corrected chi connectivity index (χ1v) is 10.4. The molecule has 1 aromatic heterocycles. The Morgan fingerprint density at radius 3 is 2.69 bits per heavy atom. The topological polar surface area (TPSA) is 59.3 Å². The molecule has 0 spiro atoms. The van der Waals surface area contributed by atoms with Crippen LogP contribution in [-0.2, 0) is 17.3 Å². The normalized spacial score (nSPS) is 17.5. The van der Waals surface area contributed by atoms with Gasteiger partial charge in [-0.1, -0.05) is 50.6 Å². The Bertz CT molecular complexity index is 1190. The zero-order chi connectivity index (χ0) is 20.8. The van der Waals surface area contributed by atoms with Gasteiger partial charge in [-0.25, -0.2) is 9.98 Å². The number of nitrogens with zero attached hydrogens (tertiary/aromatic N) is 3. The molecule has 29 heavy (non-hydrogen) atoms. The third-order valence-electron chi connectivity index (χ3n) is 4.60. The van der Waals surface area contributed by atoms with Crippen LogP contribution >= 0.6 is 23.4 Å². The van der Waals surface area contributed by atoms with Crippen LogP contribution in [0.4, 0.5) is 5.69 Å². The molecule has 1 fully saturated rings. The van der Waals surface area contributed by atoms with Gasteiger partial charge in [0, 0.05) is 12.5 Å². The van der Waals surface area contributed by atoms with E-state index < -0.39 is 0 Å². The zero-order valence-corrected chi connectivity index (χ0v) is 18.2. The SMILES string of the molecule is Cn1c(C(C)(C)C)nc2ccc(/C=C3/SC(=Nc4ccccc4Cl)NC3=O)cc21. The van der Waals surface area contributed by atoms with E-state index in [9.17, 15) is 4.79 Å². The van der Waals surface area contributed by atoms with Crippen molar-refractivity contribution in [3.8, 4) is 0 Å². The maximum absolute atomic E-state index is 12.4. The lowest BCUT2D eigenvalue weighted by atomic mass is 9.96. The molecule has 4 rings (SSSR count). The maximum atomic E-state index is 12.4. The lowest BCUT2D eigenvalue weighted by Crippen LogP contribution is -2.19. The number of hydrogen-bond donors (Lipinski definition) is 1. The molecule has 0 unspecified atom stereocenters. The highest BCUT2D eigenvalue weighted by Crippen LogP contribution is 2.32. The van der Waals surface area contributed by atoms with Crippen molar-refractivity contribution in [1.29, 1.82) is 0 Å². The number of halogens is 1. The molecule has 0 radical (unpaired) electrons. The Morgan fingerprint density at radius 1 is 1.21 bits per heavy atom. The van der Waals surface area contributed by atoms with Gasteiger partial charge in [-0.2, -0.15) is 0 Å². The highest BCUT2D eigenvalue weighted by molar-refractivity contribution is 8.18. The van der Waals surface area contributed by atoms with E-state index in [0.29, 0.717) is 20.8 Å². The van der Waals surface area contributed by atoms with E-state index in [1.807, 2.05) is 43.5 Å². The second-order valence-electron chi connectivity index (χ2n) is 7.93. The van der Waals surface area contributed by atoms with Crippen molar-refractivity contribution in [3.63, 3.8) is 0 Å². The number of nitrogens with one attached hydrogen (secondary N) is 1. The average molecular weight is 425 g/mol. The average Bonchev–Trinajstić information content (AvgIpc) is 3.17. The van der Waals surface area contributed by atoms with Crippen LogP contribution in [0.5, 0.6) is 0 Å². The number of hydrogen-bond acceptors (Lipinski definition) is 4. The van der Waals surface area contributed by atoms with Gasteiger partial charge in [0.25, 0.3) is 5.91 Å². The van der Waals surface area contributed by atoms with Gasteiger partial charge in [0.15, 0.2) is 5.17 Å². The van der Waals surface area contributed by atoms with Crippen molar-refractivity contribution in [3.05, 3.63) is 63.8 Å². The molecule has 5 nitrogen and oxygen atoms in total. The van der Waals surface area contributed by atoms with Gasteiger partial charge in [0.2, 0.25) is 0 Å². The summed E-state index contributed by atoms with van der Waals surface area (Å²) in [6.45, 7) is 6.45. The van der Waals surface area contributed by atoms with Crippen molar-refractivity contribution in [2.75, 3.05) is 0 Å². The fourth-order valence-electron chi connectivity index (χ4n) is 3.25. The molecule has 0 bridgehead atoms. The minimum Gasteiger partial charge on any atom is -0.331 e. The Hall–Kier alpha value is -2.57.